The van der Waals surface area contributed by atoms with Crippen LogP contribution in [0.25, 0.3) is 0 Å². The van der Waals surface area contributed by atoms with Gasteiger partial charge in [0.1, 0.15) is 0 Å². The second-order valence-corrected chi connectivity index (χ2v) is 14.4. The second kappa shape index (κ2) is 9.72. The Hall–Kier alpha value is -3.55. The van der Waals surface area contributed by atoms with Gasteiger partial charge in [-0.3, -0.25) is 0 Å². The van der Waals surface area contributed by atoms with Crippen molar-refractivity contribution in [3.63, 3.8) is 0 Å². The topological polar surface area (TPSA) is 46.2 Å². The van der Waals surface area contributed by atoms with Gasteiger partial charge in [-0.05, 0) is 0 Å². The van der Waals surface area contributed by atoms with Crippen LogP contribution in [0.5, 0.6) is 0 Å². The SMILES string of the molecule is CC(=O)C(C(=O)Nc1ccccc1)=[As](c1ccccc1)(c1ccccc1)c1ccccc1. The van der Waals surface area contributed by atoms with Gasteiger partial charge in [0.2, 0.25) is 0 Å². The van der Waals surface area contributed by atoms with Crippen LogP contribution < -0.4 is 18.4 Å². The predicted molar refractivity (Wildman–Crippen MR) is 135 cm³/mol. The van der Waals surface area contributed by atoms with Gasteiger partial charge >= 0.3 is 191 Å². The Morgan fingerprint density at radius 1 is 0.562 bits per heavy atom. The summed E-state index contributed by atoms with van der Waals surface area (Å²) in [5, 5.41) is 2.98. The van der Waals surface area contributed by atoms with E-state index in [9.17, 15) is 9.59 Å². The summed E-state index contributed by atoms with van der Waals surface area (Å²) in [4.78, 5) is 27.1. The first-order valence-corrected chi connectivity index (χ1v) is 14.2. The second-order valence-electron chi connectivity index (χ2n) is 7.40. The van der Waals surface area contributed by atoms with Gasteiger partial charge in [-0.1, -0.05) is 0 Å². The van der Waals surface area contributed by atoms with Gasteiger partial charge < -0.3 is 0 Å². The zero-order valence-electron chi connectivity index (χ0n) is 17.8. The van der Waals surface area contributed by atoms with Crippen LogP contribution in [0.2, 0.25) is 0 Å². The van der Waals surface area contributed by atoms with Gasteiger partial charge in [-0.25, -0.2) is 0 Å². The molecule has 0 saturated heterocycles. The van der Waals surface area contributed by atoms with Crippen molar-refractivity contribution in [1.29, 1.82) is 0 Å². The van der Waals surface area contributed by atoms with Crippen LogP contribution >= 0.6 is 0 Å². The zero-order chi connectivity index (χ0) is 22.4. The fraction of sp³-hybridized carbons (Fsp3) is 0.0357. The molecule has 4 aromatic carbocycles. The standard InChI is InChI=1S/C28H24AsNO2/c1-22(31)27(28(32)30-26-20-12-5-13-21-26)29(23-14-6-2-7-15-23,24-16-8-3-9-17-24)25-18-10-4-11-19-25/h2-21H,1H3,(H,30,32). The summed E-state index contributed by atoms with van der Waals surface area (Å²) in [6, 6.07) is 39.3. The Morgan fingerprint density at radius 2 is 0.906 bits per heavy atom. The summed E-state index contributed by atoms with van der Waals surface area (Å²) in [6.07, 6.45) is 0. The van der Waals surface area contributed by atoms with Gasteiger partial charge in [0.25, 0.3) is 0 Å². The van der Waals surface area contributed by atoms with Gasteiger partial charge in [-0.15, -0.1) is 0 Å². The Morgan fingerprint density at radius 3 is 1.25 bits per heavy atom. The van der Waals surface area contributed by atoms with Crippen molar-refractivity contribution in [2.24, 2.45) is 0 Å². The molecule has 0 aromatic heterocycles. The molecule has 158 valence electrons. The normalized spacial score (nSPS) is 10.9. The van der Waals surface area contributed by atoms with Crippen LogP contribution in [0.1, 0.15) is 6.92 Å². The Kier molecular flexibility index (Phi) is 6.58. The number of ketones is 1. The molecule has 0 saturated carbocycles. The maximum absolute atomic E-state index is 13.8. The Labute approximate surface area is 190 Å². The van der Waals surface area contributed by atoms with E-state index in [1.54, 1.807) is 0 Å². The van der Waals surface area contributed by atoms with Crippen molar-refractivity contribution < 1.29 is 9.59 Å². The number of benzene rings is 4. The fourth-order valence-electron chi connectivity index (χ4n) is 4.05. The summed E-state index contributed by atoms with van der Waals surface area (Å²) in [6.45, 7) is 1.50. The maximum atomic E-state index is 13.8. The summed E-state index contributed by atoms with van der Waals surface area (Å²) in [5.41, 5.74) is 0.666. The number of carbonyl (C=O) groups excluding carboxylic acids is 2. The molecule has 0 aliphatic rings. The number of para-hydroxylation sites is 1. The molecule has 32 heavy (non-hydrogen) atoms. The van der Waals surface area contributed by atoms with Crippen molar-refractivity contribution in [3.05, 3.63) is 121 Å². The van der Waals surface area contributed by atoms with E-state index in [-0.39, 0.29) is 11.7 Å². The van der Waals surface area contributed by atoms with Crippen LogP contribution in [0.15, 0.2) is 121 Å². The molecule has 4 heteroatoms. The van der Waals surface area contributed by atoms with Crippen LogP contribution in [0.3, 0.4) is 0 Å². The van der Waals surface area contributed by atoms with Crippen molar-refractivity contribution in [3.8, 4) is 0 Å². The monoisotopic (exact) mass is 481 g/mol. The first-order chi connectivity index (χ1) is 15.6. The van der Waals surface area contributed by atoms with E-state index in [0.29, 0.717) is 9.99 Å². The summed E-state index contributed by atoms with van der Waals surface area (Å²) >= 11 is -3.68. The number of hydrogen-bond acceptors (Lipinski definition) is 2. The van der Waals surface area contributed by atoms with Crippen LogP contribution in [0.4, 0.5) is 5.69 Å². The molecule has 0 aliphatic carbocycles. The number of hydrogen-bond donors (Lipinski definition) is 1. The van der Waals surface area contributed by atoms with Crippen molar-refractivity contribution >= 4 is 47.8 Å². The van der Waals surface area contributed by atoms with E-state index in [1.807, 2.05) is 121 Å². The van der Waals surface area contributed by atoms with Crippen molar-refractivity contribution in [2.75, 3.05) is 5.32 Å². The molecule has 1 amide bonds. The summed E-state index contributed by atoms with van der Waals surface area (Å²) in [5.74, 6) is -0.546. The van der Waals surface area contributed by atoms with Crippen LogP contribution in [0, 0.1) is 0 Å². The first kappa shape index (κ1) is 21.7. The third-order valence-corrected chi connectivity index (χ3v) is 14.6. The fourth-order valence-corrected chi connectivity index (χ4v) is 13.2. The van der Waals surface area contributed by atoms with E-state index >= 15 is 0 Å². The molecule has 4 aromatic rings. The van der Waals surface area contributed by atoms with E-state index in [4.69, 9.17) is 0 Å². The molecule has 0 radical (unpaired) electrons. The summed E-state index contributed by atoms with van der Waals surface area (Å²) < 4.78 is 3.42. The minimum atomic E-state index is -3.68. The number of anilines is 1. The van der Waals surface area contributed by atoms with E-state index in [0.717, 1.165) is 13.1 Å². The van der Waals surface area contributed by atoms with Gasteiger partial charge in [0.05, 0.1) is 0 Å². The van der Waals surface area contributed by atoms with Gasteiger partial charge in [0, 0.05) is 0 Å². The van der Waals surface area contributed by atoms with Gasteiger partial charge in [-0.2, -0.15) is 0 Å². The molecule has 1 N–H and O–H groups in total. The van der Waals surface area contributed by atoms with E-state index < -0.39 is 13.1 Å². The van der Waals surface area contributed by atoms with E-state index in [1.165, 1.54) is 6.92 Å². The van der Waals surface area contributed by atoms with E-state index in [2.05, 4.69) is 5.32 Å². The average Bonchev–Trinajstić information content (AvgIpc) is 2.84. The molecule has 0 spiro atoms. The third-order valence-electron chi connectivity index (χ3n) is 5.35. The van der Waals surface area contributed by atoms with Crippen molar-refractivity contribution in [1.82, 2.24) is 0 Å². The summed E-state index contributed by atoms with van der Waals surface area (Å²) in [7, 11) is 0. The third kappa shape index (κ3) is 4.12. The quantitative estimate of drug-likeness (QED) is 0.340. The molecule has 0 fully saturated rings. The Bertz CT molecular complexity index is 1160. The first-order valence-electron chi connectivity index (χ1n) is 10.4. The number of amides is 1. The molecule has 0 bridgehead atoms. The molecular weight excluding hydrogens is 457 g/mol. The zero-order valence-corrected chi connectivity index (χ0v) is 19.7. The van der Waals surface area contributed by atoms with Gasteiger partial charge in [0.15, 0.2) is 0 Å². The molecule has 0 unspecified atom stereocenters. The number of rotatable bonds is 6. The molecule has 4 rings (SSSR count). The number of carbonyl (C=O) groups is 2. The Balaban J connectivity index is 2.14. The van der Waals surface area contributed by atoms with Crippen LogP contribution in [-0.4, -0.2) is 29.1 Å². The number of Topliss-reactive ketones (excluding diaryl/α,β-unsaturated/α-hetero) is 1. The number of nitrogens with one attached hydrogen (secondary N) is 1. The molecule has 0 heterocycles. The minimum absolute atomic E-state index is 0.206. The van der Waals surface area contributed by atoms with Crippen molar-refractivity contribution in [2.45, 2.75) is 6.92 Å². The molecule has 3 nitrogen and oxygen atoms in total. The average molecular weight is 481 g/mol. The molecule has 0 atom stereocenters. The molecule has 0 aliphatic heterocycles. The molecular formula is C28H24AsNO2. The predicted octanol–water partition coefficient (Wildman–Crippen LogP) is 3.14. The van der Waals surface area contributed by atoms with Crippen LogP contribution in [-0.2, 0) is 9.59 Å².